The maximum Gasteiger partial charge on any atom is 0.135 e. The standard InChI is InChI=1S/C26H16F2N4S2/c27-17-11-19(29)13(9-15(17)25-31-21-5-1-3-7-23(21)33-25)14-10-16(18(28)12-20(14)30)26-32-22-6-2-4-8-24(22)34-26/h1-12H,29-30H2. The molecule has 6 rings (SSSR count). The minimum absolute atomic E-state index is 0.205. The van der Waals surface area contributed by atoms with Crippen molar-refractivity contribution in [3.63, 3.8) is 0 Å². The van der Waals surface area contributed by atoms with Crippen LogP contribution in [0, 0.1) is 11.6 Å². The smallest absolute Gasteiger partial charge is 0.135 e. The van der Waals surface area contributed by atoms with Crippen LogP contribution in [0.15, 0.2) is 72.8 Å². The third kappa shape index (κ3) is 3.39. The number of rotatable bonds is 3. The molecule has 34 heavy (non-hydrogen) atoms. The Bertz CT molecular complexity index is 1530. The van der Waals surface area contributed by atoms with Crippen molar-refractivity contribution >= 4 is 54.5 Å². The van der Waals surface area contributed by atoms with E-state index in [-0.39, 0.29) is 11.4 Å². The van der Waals surface area contributed by atoms with E-state index in [4.69, 9.17) is 11.5 Å². The number of fused-ring (bicyclic) bond motifs is 2. The van der Waals surface area contributed by atoms with Crippen molar-refractivity contribution in [2.24, 2.45) is 0 Å². The van der Waals surface area contributed by atoms with E-state index in [2.05, 4.69) is 9.97 Å². The summed E-state index contributed by atoms with van der Waals surface area (Å²) < 4.78 is 31.9. The normalized spacial score (nSPS) is 11.5. The summed E-state index contributed by atoms with van der Waals surface area (Å²) in [4.78, 5) is 9.14. The van der Waals surface area contributed by atoms with Gasteiger partial charge >= 0.3 is 0 Å². The molecule has 0 amide bonds. The fraction of sp³-hybridized carbons (Fsp3) is 0. The summed E-state index contributed by atoms with van der Waals surface area (Å²) in [5.41, 5.74) is 16.1. The van der Waals surface area contributed by atoms with E-state index in [0.717, 1.165) is 20.4 Å². The Morgan fingerprint density at radius 3 is 1.38 bits per heavy atom. The Kier molecular flexibility index (Phi) is 4.79. The lowest BCUT2D eigenvalue weighted by Gasteiger charge is -2.13. The van der Waals surface area contributed by atoms with Crippen LogP contribution in [0.4, 0.5) is 20.2 Å². The molecule has 0 saturated carbocycles. The minimum Gasteiger partial charge on any atom is -0.398 e. The molecule has 4 N–H and O–H groups in total. The van der Waals surface area contributed by atoms with Gasteiger partial charge in [0.05, 0.1) is 20.4 Å². The Morgan fingerprint density at radius 2 is 0.971 bits per heavy atom. The highest BCUT2D eigenvalue weighted by Gasteiger charge is 2.19. The van der Waals surface area contributed by atoms with Gasteiger partial charge in [0.1, 0.15) is 21.6 Å². The van der Waals surface area contributed by atoms with Gasteiger partial charge in [0.2, 0.25) is 0 Å². The number of halogens is 2. The van der Waals surface area contributed by atoms with E-state index in [9.17, 15) is 8.78 Å². The van der Waals surface area contributed by atoms with Crippen molar-refractivity contribution in [1.29, 1.82) is 0 Å². The number of nitrogen functional groups attached to an aromatic ring is 2. The molecule has 0 unspecified atom stereocenters. The summed E-state index contributed by atoms with van der Waals surface area (Å²) >= 11 is 2.78. The molecule has 0 fully saturated rings. The van der Waals surface area contributed by atoms with Gasteiger partial charge in [-0.3, -0.25) is 0 Å². The third-order valence-electron chi connectivity index (χ3n) is 5.62. The molecule has 0 atom stereocenters. The fourth-order valence-electron chi connectivity index (χ4n) is 3.95. The molecule has 4 nitrogen and oxygen atoms in total. The monoisotopic (exact) mass is 486 g/mol. The molecule has 0 aliphatic carbocycles. The second-order valence-electron chi connectivity index (χ2n) is 7.81. The molecule has 166 valence electrons. The van der Waals surface area contributed by atoms with Gasteiger partial charge in [-0.2, -0.15) is 0 Å². The Morgan fingerprint density at radius 1 is 0.559 bits per heavy atom. The van der Waals surface area contributed by atoms with Crippen LogP contribution in [0.1, 0.15) is 0 Å². The van der Waals surface area contributed by atoms with Crippen LogP contribution in [0.3, 0.4) is 0 Å². The van der Waals surface area contributed by atoms with Crippen LogP contribution in [-0.4, -0.2) is 9.97 Å². The molecule has 0 bridgehead atoms. The second-order valence-corrected chi connectivity index (χ2v) is 9.87. The van der Waals surface area contributed by atoms with Crippen LogP contribution in [0.25, 0.3) is 52.7 Å². The molecule has 2 aromatic heterocycles. The molecule has 0 aliphatic heterocycles. The van der Waals surface area contributed by atoms with Gasteiger partial charge in [-0.05, 0) is 48.5 Å². The van der Waals surface area contributed by atoms with E-state index >= 15 is 0 Å². The molecular formula is C26H16F2N4S2. The molecule has 0 aliphatic rings. The summed E-state index contributed by atoms with van der Waals surface area (Å²) in [5, 5.41) is 1.07. The van der Waals surface area contributed by atoms with Gasteiger partial charge in [-0.25, -0.2) is 18.7 Å². The number of para-hydroxylation sites is 2. The molecule has 0 spiro atoms. The number of anilines is 2. The van der Waals surface area contributed by atoms with Crippen LogP contribution >= 0.6 is 22.7 Å². The lowest BCUT2D eigenvalue weighted by Crippen LogP contribution is -1.99. The predicted molar refractivity (Wildman–Crippen MR) is 138 cm³/mol. The van der Waals surface area contributed by atoms with Gasteiger partial charge in [-0.15, -0.1) is 22.7 Å². The average molecular weight is 487 g/mol. The van der Waals surface area contributed by atoms with E-state index in [1.165, 1.54) is 34.8 Å². The van der Waals surface area contributed by atoms with Gasteiger partial charge < -0.3 is 11.5 Å². The molecular weight excluding hydrogens is 470 g/mol. The number of aromatic nitrogens is 2. The molecule has 2 heterocycles. The van der Waals surface area contributed by atoms with Gasteiger partial charge in [0.25, 0.3) is 0 Å². The first-order valence-electron chi connectivity index (χ1n) is 10.4. The first-order chi connectivity index (χ1) is 16.5. The van der Waals surface area contributed by atoms with Crippen molar-refractivity contribution in [2.75, 3.05) is 11.5 Å². The summed E-state index contributed by atoms with van der Waals surface area (Å²) in [6.45, 7) is 0. The van der Waals surface area contributed by atoms with Gasteiger partial charge in [-0.1, -0.05) is 24.3 Å². The lowest BCUT2D eigenvalue weighted by molar-refractivity contribution is 0.631. The van der Waals surface area contributed by atoms with E-state index in [0.29, 0.717) is 32.3 Å². The summed E-state index contributed by atoms with van der Waals surface area (Å²) in [7, 11) is 0. The molecule has 0 saturated heterocycles. The van der Waals surface area contributed by atoms with Crippen LogP contribution in [0.5, 0.6) is 0 Å². The third-order valence-corrected chi connectivity index (χ3v) is 7.76. The largest absolute Gasteiger partial charge is 0.398 e. The van der Waals surface area contributed by atoms with E-state index in [1.54, 1.807) is 12.1 Å². The van der Waals surface area contributed by atoms with Crippen molar-refractivity contribution < 1.29 is 8.78 Å². The summed E-state index contributed by atoms with van der Waals surface area (Å²) in [6.07, 6.45) is 0. The first kappa shape index (κ1) is 20.7. The molecule has 6 aromatic rings. The number of thiazole rings is 2. The molecule has 0 radical (unpaired) electrons. The van der Waals surface area contributed by atoms with Crippen LogP contribution < -0.4 is 11.5 Å². The van der Waals surface area contributed by atoms with Crippen LogP contribution in [0.2, 0.25) is 0 Å². The zero-order valence-corrected chi connectivity index (χ0v) is 19.2. The van der Waals surface area contributed by atoms with Crippen LogP contribution in [-0.2, 0) is 0 Å². The number of benzene rings is 4. The highest BCUT2D eigenvalue weighted by Crippen LogP contribution is 2.41. The Hall–Kier alpha value is -3.88. The molecule has 8 heteroatoms. The zero-order valence-electron chi connectivity index (χ0n) is 17.5. The quantitative estimate of drug-likeness (QED) is 0.256. The summed E-state index contributed by atoms with van der Waals surface area (Å²) in [6, 6.07) is 21.0. The second kappa shape index (κ2) is 7.86. The predicted octanol–water partition coefficient (Wildman–Crippen LogP) is 7.35. The zero-order chi connectivity index (χ0) is 23.4. The molecule has 4 aromatic carbocycles. The number of hydrogen-bond donors (Lipinski definition) is 2. The maximum absolute atomic E-state index is 15.0. The van der Waals surface area contributed by atoms with Crippen molar-refractivity contribution in [3.8, 4) is 32.3 Å². The minimum atomic E-state index is -0.479. The van der Waals surface area contributed by atoms with E-state index in [1.807, 2.05) is 48.5 Å². The van der Waals surface area contributed by atoms with E-state index < -0.39 is 11.6 Å². The van der Waals surface area contributed by atoms with Crippen molar-refractivity contribution in [3.05, 3.63) is 84.4 Å². The average Bonchev–Trinajstić information content (AvgIpc) is 3.44. The summed E-state index contributed by atoms with van der Waals surface area (Å²) in [5.74, 6) is -0.959. The number of nitrogens with zero attached hydrogens (tertiary/aromatic N) is 2. The SMILES string of the molecule is Nc1cc(F)c(-c2nc3ccccc3s2)cc1-c1cc(-c2nc3ccccc3s2)c(F)cc1N. The van der Waals surface area contributed by atoms with Crippen molar-refractivity contribution in [1.82, 2.24) is 9.97 Å². The van der Waals surface area contributed by atoms with Gasteiger partial charge in [0, 0.05) is 33.6 Å². The lowest BCUT2D eigenvalue weighted by atomic mass is 9.97. The maximum atomic E-state index is 15.0. The first-order valence-corrected chi connectivity index (χ1v) is 12.0. The number of nitrogens with two attached hydrogens (primary N) is 2. The van der Waals surface area contributed by atoms with Gasteiger partial charge in [0.15, 0.2) is 0 Å². The fourth-order valence-corrected chi connectivity index (χ4v) is 5.91. The van der Waals surface area contributed by atoms with Crippen molar-refractivity contribution in [2.45, 2.75) is 0 Å². The Balaban J connectivity index is 1.53. The topological polar surface area (TPSA) is 77.8 Å². The highest BCUT2D eigenvalue weighted by molar-refractivity contribution is 7.22. The number of hydrogen-bond acceptors (Lipinski definition) is 6. The highest BCUT2D eigenvalue weighted by atomic mass is 32.1. The Labute approximate surface area is 201 Å².